The van der Waals surface area contributed by atoms with E-state index in [1.807, 2.05) is 42.5 Å². The predicted molar refractivity (Wildman–Crippen MR) is 167 cm³/mol. The van der Waals surface area contributed by atoms with Gasteiger partial charge in [-0.15, -0.1) is 0 Å². The number of rotatable bonds is 12. The molecular weight excluding hydrogens is 580 g/mol. The molecular formula is C35H41ClN2O6. The quantitative estimate of drug-likeness (QED) is 0.327. The summed E-state index contributed by atoms with van der Waals surface area (Å²) in [5.74, 6) is -3.77. The summed E-state index contributed by atoms with van der Waals surface area (Å²) in [5, 5.41) is 6.24. The summed E-state index contributed by atoms with van der Waals surface area (Å²) in [6.07, 6.45) is 13.8. The average molecular weight is 621 g/mol. The Labute approximate surface area is 263 Å². The van der Waals surface area contributed by atoms with Crippen LogP contribution in [0, 0.1) is 17.8 Å². The number of nitrogens with one attached hydrogen (secondary N) is 2. The standard InChI is InChI=1S/C35H41ClN2O6/c36-27-14-15-32-24(18-27)17-26(21-44-32)31(40)20-25(16-22-8-3-1-4-9-22)34(42)38-29(19-23-10-7-13-30(23)39)33(41)35(43)37-28-11-5-2-6-12-28/h1,3-4,8-9,14-15,17-18,23,25-26,28-29,32H,2,5-7,10-13,16,19-21H2,(H,37,43)(H,38,42)/t23-,25+,26?,29-,32?/m0/s1. The van der Waals surface area contributed by atoms with E-state index in [9.17, 15) is 24.0 Å². The van der Waals surface area contributed by atoms with Crippen molar-refractivity contribution in [1.29, 1.82) is 0 Å². The fraction of sp³-hybridized carbons (Fsp3) is 0.514. The van der Waals surface area contributed by atoms with Gasteiger partial charge in [-0.25, -0.2) is 0 Å². The number of fused-ring (bicyclic) bond motifs is 1. The van der Waals surface area contributed by atoms with E-state index in [1.165, 1.54) is 0 Å². The maximum atomic E-state index is 13.9. The minimum Gasteiger partial charge on any atom is -0.368 e. The molecule has 234 valence electrons. The van der Waals surface area contributed by atoms with Crippen molar-refractivity contribution in [1.82, 2.24) is 10.6 Å². The molecule has 1 heterocycles. The van der Waals surface area contributed by atoms with Crippen molar-refractivity contribution in [3.63, 3.8) is 0 Å². The van der Waals surface area contributed by atoms with E-state index in [-0.39, 0.29) is 55.5 Å². The summed E-state index contributed by atoms with van der Waals surface area (Å²) in [4.78, 5) is 66.6. The van der Waals surface area contributed by atoms with Crippen LogP contribution in [0.2, 0.25) is 0 Å². The highest BCUT2D eigenvalue weighted by molar-refractivity contribution is 6.38. The van der Waals surface area contributed by atoms with Crippen LogP contribution in [0.25, 0.3) is 0 Å². The Morgan fingerprint density at radius 2 is 1.77 bits per heavy atom. The van der Waals surface area contributed by atoms with Crippen LogP contribution in [0.1, 0.15) is 69.8 Å². The molecule has 3 aliphatic carbocycles. The summed E-state index contributed by atoms with van der Waals surface area (Å²) >= 11 is 6.16. The molecule has 0 spiro atoms. The minimum atomic E-state index is -1.14. The SMILES string of the molecule is O=C(NC1CCCCC1)C(=O)[C@H](C[C@@H]1CCCC1=O)NC(=O)[C@@H](CC(=O)C1C=C2C=C(Cl)C=CC2OC1)Cc1ccccc1. The molecule has 0 radical (unpaired) electrons. The van der Waals surface area contributed by atoms with Gasteiger partial charge in [0.05, 0.1) is 18.6 Å². The maximum Gasteiger partial charge on any atom is 0.289 e. The molecule has 2 saturated carbocycles. The van der Waals surface area contributed by atoms with E-state index in [2.05, 4.69) is 10.6 Å². The first-order valence-corrected chi connectivity index (χ1v) is 16.3. The largest absolute Gasteiger partial charge is 0.368 e. The van der Waals surface area contributed by atoms with E-state index in [0.29, 0.717) is 17.9 Å². The summed E-state index contributed by atoms with van der Waals surface area (Å²) in [7, 11) is 0. The summed E-state index contributed by atoms with van der Waals surface area (Å²) in [6, 6.07) is 8.18. The van der Waals surface area contributed by atoms with E-state index in [1.54, 1.807) is 12.2 Å². The van der Waals surface area contributed by atoms with Gasteiger partial charge >= 0.3 is 0 Å². The van der Waals surface area contributed by atoms with E-state index in [4.69, 9.17) is 16.3 Å². The van der Waals surface area contributed by atoms with Gasteiger partial charge < -0.3 is 15.4 Å². The Kier molecular flexibility index (Phi) is 11.0. The van der Waals surface area contributed by atoms with Crippen LogP contribution in [0.4, 0.5) is 0 Å². The molecule has 0 bridgehead atoms. The molecule has 5 rings (SSSR count). The third-order valence-electron chi connectivity index (χ3n) is 9.22. The second-order valence-corrected chi connectivity index (χ2v) is 12.9. The van der Waals surface area contributed by atoms with Crippen LogP contribution in [-0.2, 0) is 35.1 Å². The first kappa shape index (κ1) is 32.0. The van der Waals surface area contributed by atoms with E-state index < -0.39 is 35.5 Å². The molecule has 0 saturated heterocycles. The van der Waals surface area contributed by atoms with Crippen molar-refractivity contribution in [2.24, 2.45) is 17.8 Å². The van der Waals surface area contributed by atoms with Crippen LogP contribution in [0.5, 0.6) is 0 Å². The van der Waals surface area contributed by atoms with Gasteiger partial charge in [-0.05, 0) is 67.9 Å². The van der Waals surface area contributed by atoms with Crippen LogP contribution < -0.4 is 10.6 Å². The van der Waals surface area contributed by atoms with Crippen LogP contribution >= 0.6 is 11.6 Å². The molecule has 2 amide bonds. The molecule has 5 atom stereocenters. The lowest BCUT2D eigenvalue weighted by atomic mass is 9.86. The van der Waals surface area contributed by atoms with Crippen LogP contribution in [0.3, 0.4) is 0 Å². The highest BCUT2D eigenvalue weighted by Gasteiger charge is 2.37. The third-order valence-corrected chi connectivity index (χ3v) is 9.45. The number of carbonyl (C=O) groups is 5. The molecule has 2 N–H and O–H groups in total. The zero-order chi connectivity index (χ0) is 31.1. The smallest absolute Gasteiger partial charge is 0.289 e. The van der Waals surface area contributed by atoms with E-state index >= 15 is 0 Å². The van der Waals surface area contributed by atoms with Gasteiger partial charge in [0.25, 0.3) is 5.91 Å². The van der Waals surface area contributed by atoms with Crippen molar-refractivity contribution in [3.8, 4) is 0 Å². The number of carbonyl (C=O) groups excluding carboxylic acids is 5. The number of benzene rings is 1. The Morgan fingerprint density at radius 1 is 1.00 bits per heavy atom. The lowest BCUT2D eigenvalue weighted by molar-refractivity contribution is -0.141. The fourth-order valence-corrected chi connectivity index (χ4v) is 6.90. The lowest BCUT2D eigenvalue weighted by Crippen LogP contribution is -2.52. The molecule has 9 heteroatoms. The Bertz CT molecular complexity index is 1350. The predicted octanol–water partition coefficient (Wildman–Crippen LogP) is 4.70. The molecule has 1 aromatic carbocycles. The zero-order valence-corrected chi connectivity index (χ0v) is 25.7. The molecule has 0 aromatic heterocycles. The third kappa shape index (κ3) is 8.42. The van der Waals surface area contributed by atoms with Gasteiger partial charge in [0.15, 0.2) is 0 Å². The number of ether oxygens (including phenoxy) is 1. The first-order chi connectivity index (χ1) is 21.3. The highest BCUT2D eigenvalue weighted by atomic mass is 35.5. The van der Waals surface area contributed by atoms with Gasteiger partial charge in [-0.3, -0.25) is 24.0 Å². The molecule has 2 fully saturated rings. The summed E-state index contributed by atoms with van der Waals surface area (Å²) in [6.45, 7) is 0.189. The Hall–Kier alpha value is -3.36. The molecule has 1 aromatic rings. The fourth-order valence-electron chi connectivity index (χ4n) is 6.70. The summed E-state index contributed by atoms with van der Waals surface area (Å²) < 4.78 is 5.89. The first-order valence-electron chi connectivity index (χ1n) is 15.9. The van der Waals surface area contributed by atoms with E-state index in [0.717, 1.165) is 49.7 Å². The number of allylic oxidation sites excluding steroid dienone is 2. The number of halogens is 1. The number of amides is 2. The second-order valence-electron chi connectivity index (χ2n) is 12.5. The van der Waals surface area contributed by atoms with Crippen molar-refractivity contribution in [3.05, 3.63) is 70.8 Å². The van der Waals surface area contributed by atoms with Gasteiger partial charge in [0.1, 0.15) is 17.7 Å². The lowest BCUT2D eigenvalue weighted by Gasteiger charge is -2.28. The maximum absolute atomic E-state index is 13.9. The van der Waals surface area contributed by atoms with Gasteiger partial charge in [0.2, 0.25) is 11.7 Å². The Balaban J connectivity index is 1.32. The molecule has 44 heavy (non-hydrogen) atoms. The average Bonchev–Trinajstić information content (AvgIpc) is 3.44. The number of hydrogen-bond acceptors (Lipinski definition) is 6. The van der Waals surface area contributed by atoms with Crippen LogP contribution in [0.15, 0.2) is 65.2 Å². The molecule has 2 unspecified atom stereocenters. The van der Waals surface area contributed by atoms with Crippen molar-refractivity contribution < 1.29 is 28.7 Å². The van der Waals surface area contributed by atoms with Crippen LogP contribution in [-0.4, -0.2) is 54.0 Å². The van der Waals surface area contributed by atoms with Crippen molar-refractivity contribution >= 4 is 40.8 Å². The number of Topliss-reactive ketones (excluding diaryl/α,β-unsaturated/α-hetero) is 3. The number of hydrogen-bond donors (Lipinski definition) is 2. The molecule has 8 nitrogen and oxygen atoms in total. The normalized spacial score (nSPS) is 24.8. The van der Waals surface area contributed by atoms with Crippen molar-refractivity contribution in [2.75, 3.05) is 6.61 Å². The van der Waals surface area contributed by atoms with Gasteiger partial charge in [-0.1, -0.05) is 67.3 Å². The van der Waals surface area contributed by atoms with Crippen molar-refractivity contribution in [2.45, 2.75) is 88.8 Å². The topological polar surface area (TPSA) is 119 Å². The van der Waals surface area contributed by atoms with Gasteiger partial charge in [0, 0.05) is 35.8 Å². The number of ketones is 3. The second kappa shape index (κ2) is 15.1. The Morgan fingerprint density at radius 3 is 2.50 bits per heavy atom. The monoisotopic (exact) mass is 620 g/mol. The molecule has 4 aliphatic rings. The molecule has 1 aliphatic heterocycles. The van der Waals surface area contributed by atoms with Gasteiger partial charge in [-0.2, -0.15) is 0 Å². The minimum absolute atomic E-state index is 0.0519. The summed E-state index contributed by atoms with van der Waals surface area (Å²) in [5.41, 5.74) is 1.68. The zero-order valence-electron chi connectivity index (χ0n) is 25.0. The highest BCUT2D eigenvalue weighted by Crippen LogP contribution is 2.30.